The Morgan fingerprint density at radius 3 is 2.35 bits per heavy atom. The quantitative estimate of drug-likeness (QED) is 0.627. The molecule has 1 saturated heterocycles. The van der Waals surface area contributed by atoms with Crippen LogP contribution in [0.1, 0.15) is 17.5 Å². The second-order valence-electron chi connectivity index (χ2n) is 5.39. The Bertz CT molecular complexity index is 587. The Hall–Kier alpha value is -1.69. The van der Waals surface area contributed by atoms with Crippen LogP contribution in [0, 0.1) is 0 Å². The van der Waals surface area contributed by atoms with Crippen molar-refractivity contribution in [3.8, 4) is 0 Å². The highest BCUT2D eigenvalue weighted by Gasteiger charge is 2.33. The molecule has 1 atom stereocenters. The van der Waals surface area contributed by atoms with Crippen LogP contribution in [0.2, 0.25) is 0 Å². The maximum Gasteiger partial charge on any atom is 0.416 e. The zero-order valence-corrected chi connectivity index (χ0v) is 12.3. The molecular formula is C15H14B2F3NO2. The molecule has 4 radical (unpaired) electrons. The second-order valence-corrected chi connectivity index (χ2v) is 5.39. The van der Waals surface area contributed by atoms with Gasteiger partial charge >= 0.3 is 6.18 Å². The fraction of sp³-hybridized carbons (Fsp3) is 0.400. The first-order valence-corrected chi connectivity index (χ1v) is 6.98. The highest BCUT2D eigenvalue weighted by Crippen LogP contribution is 2.31. The first-order chi connectivity index (χ1) is 10.6. The number of alkyl halides is 3. The van der Waals surface area contributed by atoms with Crippen molar-refractivity contribution in [3.05, 3.63) is 48.0 Å². The van der Waals surface area contributed by atoms with E-state index in [1.165, 1.54) is 18.2 Å². The van der Waals surface area contributed by atoms with Crippen LogP contribution in [0.25, 0.3) is 0 Å². The molecule has 8 heteroatoms. The van der Waals surface area contributed by atoms with Crippen molar-refractivity contribution in [2.24, 2.45) is 0 Å². The van der Waals surface area contributed by atoms with E-state index in [2.05, 4.69) is 6.58 Å². The van der Waals surface area contributed by atoms with Gasteiger partial charge in [0.15, 0.2) is 0 Å². The van der Waals surface area contributed by atoms with Gasteiger partial charge in [0.1, 0.15) is 15.7 Å². The third-order valence-corrected chi connectivity index (χ3v) is 3.66. The molecule has 118 valence electrons. The summed E-state index contributed by atoms with van der Waals surface area (Å²) in [4.78, 5) is 13.1. The van der Waals surface area contributed by atoms with Crippen LogP contribution in [-0.4, -0.2) is 45.7 Å². The molecule has 0 N–H and O–H groups in total. The van der Waals surface area contributed by atoms with Crippen LogP contribution in [-0.2, 0) is 21.1 Å². The Kier molecular flexibility index (Phi) is 4.94. The van der Waals surface area contributed by atoms with E-state index >= 15 is 0 Å². The van der Waals surface area contributed by atoms with Crippen molar-refractivity contribution in [1.29, 1.82) is 0 Å². The normalized spacial score (nSPS) is 18.9. The van der Waals surface area contributed by atoms with Gasteiger partial charge in [0, 0.05) is 18.5 Å². The van der Waals surface area contributed by atoms with Crippen molar-refractivity contribution in [2.45, 2.75) is 24.1 Å². The van der Waals surface area contributed by atoms with Crippen molar-refractivity contribution in [3.63, 3.8) is 0 Å². The molecule has 0 bridgehead atoms. The summed E-state index contributed by atoms with van der Waals surface area (Å²) < 4.78 is 43.3. The lowest BCUT2D eigenvalue weighted by Gasteiger charge is -2.31. The SMILES string of the molecule is [B]C([B])(OC1CCN(C(=O)C=C)C1)c1ccc(C(F)(F)F)cc1. The molecule has 1 amide bonds. The summed E-state index contributed by atoms with van der Waals surface area (Å²) in [6.07, 6.45) is -3.08. The first-order valence-electron chi connectivity index (χ1n) is 6.98. The highest BCUT2D eigenvalue weighted by atomic mass is 19.4. The maximum absolute atomic E-state index is 12.6. The van der Waals surface area contributed by atoms with Gasteiger partial charge in [0.2, 0.25) is 5.91 Å². The van der Waals surface area contributed by atoms with Crippen molar-refractivity contribution < 1.29 is 22.7 Å². The van der Waals surface area contributed by atoms with Crippen LogP contribution in [0.5, 0.6) is 0 Å². The standard InChI is InChI=1S/C15H14B2F3NO2/c1-2-13(22)21-8-7-12(9-21)23-14(16,17)10-3-5-11(6-4-10)15(18,19)20/h2-6,12H,1,7-9H2. The van der Waals surface area contributed by atoms with Gasteiger partial charge in [-0.25, -0.2) is 0 Å². The number of likely N-dealkylation sites (tertiary alicyclic amines) is 1. The molecule has 0 saturated carbocycles. The van der Waals surface area contributed by atoms with Crippen LogP contribution < -0.4 is 0 Å². The van der Waals surface area contributed by atoms with Gasteiger partial charge in [0.05, 0.1) is 11.7 Å². The van der Waals surface area contributed by atoms with Crippen LogP contribution >= 0.6 is 0 Å². The summed E-state index contributed by atoms with van der Waals surface area (Å²) >= 11 is 0. The molecule has 1 unspecified atom stereocenters. The van der Waals surface area contributed by atoms with Gasteiger partial charge in [-0.05, 0) is 30.2 Å². The molecule has 3 nitrogen and oxygen atoms in total. The monoisotopic (exact) mass is 319 g/mol. The van der Waals surface area contributed by atoms with Crippen molar-refractivity contribution >= 4 is 21.6 Å². The molecule has 1 aliphatic rings. The average molecular weight is 319 g/mol. The van der Waals surface area contributed by atoms with Gasteiger partial charge in [-0.2, -0.15) is 13.2 Å². The van der Waals surface area contributed by atoms with Crippen LogP contribution in [0.4, 0.5) is 13.2 Å². The Labute approximate surface area is 135 Å². The molecule has 1 heterocycles. The van der Waals surface area contributed by atoms with E-state index in [4.69, 9.17) is 20.4 Å². The minimum absolute atomic E-state index is 0.217. The van der Waals surface area contributed by atoms with E-state index in [1.807, 2.05) is 0 Å². The number of carbonyl (C=O) groups is 1. The van der Waals surface area contributed by atoms with Crippen molar-refractivity contribution in [2.75, 3.05) is 13.1 Å². The fourth-order valence-corrected chi connectivity index (χ4v) is 2.42. The summed E-state index contributed by atoms with van der Waals surface area (Å²) in [6.45, 7) is 4.20. The third kappa shape index (κ3) is 4.19. The smallest absolute Gasteiger partial charge is 0.385 e. The largest absolute Gasteiger partial charge is 0.416 e. The zero-order chi connectivity index (χ0) is 17.3. The topological polar surface area (TPSA) is 29.5 Å². The van der Waals surface area contributed by atoms with Gasteiger partial charge in [-0.15, -0.1) is 0 Å². The third-order valence-electron chi connectivity index (χ3n) is 3.66. The molecule has 1 aromatic carbocycles. The Morgan fingerprint density at radius 2 is 1.83 bits per heavy atom. The molecule has 0 aromatic heterocycles. The zero-order valence-electron chi connectivity index (χ0n) is 12.3. The second kappa shape index (κ2) is 6.43. The Balaban J connectivity index is 2.04. The van der Waals surface area contributed by atoms with E-state index < -0.39 is 23.2 Å². The first kappa shape index (κ1) is 17.7. The number of nitrogens with zero attached hydrogens (tertiary/aromatic N) is 1. The van der Waals surface area contributed by atoms with Gasteiger partial charge < -0.3 is 9.64 Å². The van der Waals surface area contributed by atoms with Gasteiger partial charge in [-0.1, -0.05) is 18.7 Å². The Morgan fingerprint density at radius 1 is 1.26 bits per heavy atom. The number of hydrogen-bond donors (Lipinski definition) is 0. The molecule has 2 rings (SSSR count). The summed E-state index contributed by atoms with van der Waals surface area (Å²) in [5.41, 5.74) is -0.570. The minimum Gasteiger partial charge on any atom is -0.385 e. The number of ether oxygens (including phenoxy) is 1. The van der Waals surface area contributed by atoms with E-state index in [0.29, 0.717) is 19.5 Å². The summed E-state index contributed by atoms with van der Waals surface area (Å²) in [5.74, 6) is -0.217. The van der Waals surface area contributed by atoms with Crippen LogP contribution in [0.3, 0.4) is 0 Å². The lowest BCUT2D eigenvalue weighted by Crippen LogP contribution is -2.37. The predicted molar refractivity (Wildman–Crippen MR) is 80.9 cm³/mol. The van der Waals surface area contributed by atoms with E-state index in [9.17, 15) is 18.0 Å². The van der Waals surface area contributed by atoms with Crippen LogP contribution in [0.15, 0.2) is 36.9 Å². The average Bonchev–Trinajstić information content (AvgIpc) is 2.93. The number of carbonyl (C=O) groups excluding carboxylic acids is 1. The van der Waals surface area contributed by atoms with Gasteiger partial charge in [-0.3, -0.25) is 4.79 Å². The number of amides is 1. The maximum atomic E-state index is 12.6. The number of halogens is 3. The van der Waals surface area contributed by atoms with E-state index in [0.717, 1.165) is 12.1 Å². The van der Waals surface area contributed by atoms with E-state index in [1.54, 1.807) is 4.90 Å². The predicted octanol–water partition coefficient (Wildman–Crippen LogP) is 1.96. The summed E-state index contributed by atoms with van der Waals surface area (Å²) in [7, 11) is 11.8. The summed E-state index contributed by atoms with van der Waals surface area (Å²) in [5, 5.41) is -1.73. The molecule has 1 aliphatic heterocycles. The number of hydrogen-bond acceptors (Lipinski definition) is 2. The van der Waals surface area contributed by atoms with Gasteiger partial charge in [0.25, 0.3) is 0 Å². The van der Waals surface area contributed by atoms with E-state index in [-0.39, 0.29) is 11.5 Å². The molecule has 1 aromatic rings. The highest BCUT2D eigenvalue weighted by molar-refractivity contribution is 6.38. The fourth-order valence-electron chi connectivity index (χ4n) is 2.42. The number of rotatable bonds is 4. The lowest BCUT2D eigenvalue weighted by atomic mass is 9.61. The minimum atomic E-state index is -4.43. The number of benzene rings is 1. The molecule has 1 fully saturated rings. The molecule has 23 heavy (non-hydrogen) atoms. The summed E-state index contributed by atoms with van der Waals surface area (Å²) in [6, 6.07) is 4.17. The molecule has 0 spiro atoms. The lowest BCUT2D eigenvalue weighted by molar-refractivity contribution is -0.137. The molecular weight excluding hydrogens is 305 g/mol. The van der Waals surface area contributed by atoms with Crippen molar-refractivity contribution in [1.82, 2.24) is 4.90 Å². The molecule has 0 aliphatic carbocycles.